The molecule has 1 atom stereocenters. The number of thiazole rings is 1. The number of carboxylic acid groups (broad SMARTS) is 1. The zero-order valence-corrected chi connectivity index (χ0v) is 17.0. The van der Waals surface area contributed by atoms with Crippen LogP contribution in [0.25, 0.3) is 12.2 Å². The maximum Gasteiger partial charge on any atom is 0.327 e. The van der Waals surface area contributed by atoms with Crippen molar-refractivity contribution in [1.29, 1.82) is 0 Å². The quantitative estimate of drug-likeness (QED) is 0.562. The van der Waals surface area contributed by atoms with E-state index in [2.05, 4.69) is 4.99 Å². The Morgan fingerprint density at radius 1 is 1.34 bits per heavy atom. The van der Waals surface area contributed by atoms with E-state index in [1.807, 2.05) is 0 Å². The lowest BCUT2D eigenvalue weighted by atomic mass is 10.0. The van der Waals surface area contributed by atoms with Crippen LogP contribution in [0.15, 0.2) is 22.7 Å². The molecule has 2 aliphatic heterocycles. The van der Waals surface area contributed by atoms with Gasteiger partial charge in [0.25, 0.3) is 5.91 Å². The number of aromatic nitrogens is 1. The minimum atomic E-state index is -1.09. The maximum atomic E-state index is 12.5. The molecule has 1 aromatic heterocycles. The predicted molar refractivity (Wildman–Crippen MR) is 107 cm³/mol. The van der Waals surface area contributed by atoms with Gasteiger partial charge >= 0.3 is 5.97 Å². The molecule has 2 aliphatic rings. The highest BCUT2D eigenvalue weighted by atomic mass is 32.1. The molecule has 29 heavy (non-hydrogen) atoms. The van der Waals surface area contributed by atoms with E-state index in [1.54, 1.807) is 32.1 Å². The number of carbonyl (C=O) groups excluding carboxylic acids is 1. The van der Waals surface area contributed by atoms with Gasteiger partial charge in [-0.15, -0.1) is 11.3 Å². The van der Waals surface area contributed by atoms with Crippen molar-refractivity contribution in [3.05, 3.63) is 37.1 Å². The summed E-state index contributed by atoms with van der Waals surface area (Å²) in [6, 6.07) is 2.36. The van der Waals surface area contributed by atoms with Gasteiger partial charge in [0.05, 0.1) is 10.2 Å². The molecule has 0 bridgehead atoms. The Kier molecular flexibility index (Phi) is 4.75. The Morgan fingerprint density at radius 2 is 2.03 bits per heavy atom. The van der Waals surface area contributed by atoms with Gasteiger partial charge < -0.3 is 19.7 Å². The highest BCUT2D eigenvalue weighted by Gasteiger charge is 2.28. The third-order valence-electron chi connectivity index (χ3n) is 4.59. The first-order valence-electron chi connectivity index (χ1n) is 8.69. The fraction of sp³-hybridized carbons (Fsp3) is 0.263. The summed E-state index contributed by atoms with van der Waals surface area (Å²) in [5.74, 6) is -1.07. The number of fused-ring (bicyclic) bond motifs is 2. The Labute approximate surface area is 173 Å². The monoisotopic (exact) mass is 432 g/mol. The Balaban J connectivity index is 1.81. The van der Waals surface area contributed by atoms with E-state index in [-0.39, 0.29) is 28.1 Å². The SMILES string of the molecule is CC(C)C(C(=O)O)n1c(O)c(/C=C2\C=c3cc4c(cc3=NC2=O)OCO4)sc1=S. The molecule has 1 unspecified atom stereocenters. The molecule has 0 aliphatic carbocycles. The number of benzene rings is 1. The molecule has 0 saturated heterocycles. The molecule has 0 spiro atoms. The molecular weight excluding hydrogens is 416 g/mol. The van der Waals surface area contributed by atoms with E-state index in [1.165, 1.54) is 10.6 Å². The van der Waals surface area contributed by atoms with Gasteiger partial charge in [0.15, 0.2) is 15.5 Å². The number of carboxylic acids is 1. The fourth-order valence-corrected chi connectivity index (χ4v) is 4.57. The van der Waals surface area contributed by atoms with Crippen molar-refractivity contribution in [3.63, 3.8) is 0 Å². The van der Waals surface area contributed by atoms with Crippen LogP contribution in [0.2, 0.25) is 0 Å². The first-order chi connectivity index (χ1) is 13.8. The van der Waals surface area contributed by atoms with Crippen LogP contribution in [-0.2, 0) is 9.59 Å². The van der Waals surface area contributed by atoms with E-state index in [9.17, 15) is 19.8 Å². The summed E-state index contributed by atoms with van der Waals surface area (Å²) in [6.07, 6.45) is 3.10. The van der Waals surface area contributed by atoms with Crippen LogP contribution in [0.1, 0.15) is 24.8 Å². The smallest absolute Gasteiger partial charge is 0.327 e. The molecule has 4 rings (SSSR count). The zero-order chi connectivity index (χ0) is 20.9. The van der Waals surface area contributed by atoms with Crippen molar-refractivity contribution >= 4 is 47.6 Å². The normalized spacial score (nSPS) is 17.1. The second-order valence-corrected chi connectivity index (χ2v) is 8.55. The van der Waals surface area contributed by atoms with Crippen molar-refractivity contribution in [1.82, 2.24) is 4.57 Å². The topological polar surface area (TPSA) is 110 Å². The zero-order valence-electron chi connectivity index (χ0n) is 15.4. The van der Waals surface area contributed by atoms with Crippen molar-refractivity contribution < 1.29 is 29.3 Å². The summed E-state index contributed by atoms with van der Waals surface area (Å²) >= 11 is 6.30. The lowest BCUT2D eigenvalue weighted by Crippen LogP contribution is -2.30. The minimum Gasteiger partial charge on any atom is -0.493 e. The average Bonchev–Trinajstić information content (AvgIpc) is 3.19. The third kappa shape index (κ3) is 3.34. The van der Waals surface area contributed by atoms with Gasteiger partial charge in [0.2, 0.25) is 12.7 Å². The molecule has 2 N–H and O–H groups in total. The number of aromatic hydroxyl groups is 1. The summed E-state index contributed by atoms with van der Waals surface area (Å²) in [5, 5.41) is 21.3. The van der Waals surface area contributed by atoms with E-state index in [0.29, 0.717) is 27.0 Å². The van der Waals surface area contributed by atoms with Gasteiger partial charge in [0.1, 0.15) is 6.04 Å². The third-order valence-corrected chi connectivity index (χ3v) is 5.93. The second-order valence-electron chi connectivity index (χ2n) is 6.88. The van der Waals surface area contributed by atoms with Crippen molar-refractivity contribution in [3.8, 4) is 17.4 Å². The molecule has 8 nitrogen and oxygen atoms in total. The van der Waals surface area contributed by atoms with Crippen LogP contribution in [0.4, 0.5) is 0 Å². The number of hydrogen-bond acceptors (Lipinski definition) is 7. The molecule has 10 heteroatoms. The molecule has 0 radical (unpaired) electrons. The van der Waals surface area contributed by atoms with E-state index in [0.717, 1.165) is 11.3 Å². The molecule has 3 heterocycles. The number of hydrogen-bond donors (Lipinski definition) is 2. The van der Waals surface area contributed by atoms with Gasteiger partial charge in [-0.2, -0.15) is 0 Å². The van der Waals surface area contributed by atoms with Crippen LogP contribution in [0.3, 0.4) is 0 Å². The van der Waals surface area contributed by atoms with Gasteiger partial charge in [-0.3, -0.25) is 9.36 Å². The summed E-state index contributed by atoms with van der Waals surface area (Å²) in [5.41, 5.74) is 0.242. The van der Waals surface area contributed by atoms with Crippen molar-refractivity contribution in [2.45, 2.75) is 19.9 Å². The van der Waals surface area contributed by atoms with Crippen LogP contribution in [0, 0.1) is 9.87 Å². The lowest BCUT2D eigenvalue weighted by molar-refractivity contribution is -0.142. The summed E-state index contributed by atoms with van der Waals surface area (Å²) in [7, 11) is 0. The summed E-state index contributed by atoms with van der Waals surface area (Å²) < 4.78 is 12.1. The highest BCUT2D eigenvalue weighted by Crippen LogP contribution is 2.35. The molecule has 0 fully saturated rings. The van der Waals surface area contributed by atoms with E-state index >= 15 is 0 Å². The molecule has 2 aromatic rings. The molecule has 0 saturated carbocycles. The minimum absolute atomic E-state index is 0.111. The number of carbonyl (C=O) groups is 2. The van der Waals surface area contributed by atoms with Crippen molar-refractivity contribution in [2.75, 3.05) is 6.79 Å². The number of rotatable bonds is 4. The van der Waals surface area contributed by atoms with Crippen molar-refractivity contribution in [2.24, 2.45) is 10.9 Å². The number of amides is 1. The second kappa shape index (κ2) is 7.12. The van der Waals surface area contributed by atoms with Gasteiger partial charge in [-0.1, -0.05) is 13.8 Å². The van der Waals surface area contributed by atoms with Gasteiger partial charge in [-0.25, -0.2) is 9.79 Å². The van der Waals surface area contributed by atoms with Crippen LogP contribution in [-0.4, -0.2) is 33.4 Å². The number of ether oxygens (including phenoxy) is 2. The number of nitrogens with zero attached hydrogens (tertiary/aromatic N) is 2. The fourth-order valence-electron chi connectivity index (χ4n) is 3.23. The summed E-state index contributed by atoms with van der Waals surface area (Å²) in [6.45, 7) is 3.57. The Morgan fingerprint density at radius 3 is 2.69 bits per heavy atom. The molecule has 150 valence electrons. The Hall–Kier alpha value is -2.98. The van der Waals surface area contributed by atoms with Crippen LogP contribution >= 0.6 is 23.6 Å². The largest absolute Gasteiger partial charge is 0.493 e. The molecule has 1 amide bonds. The number of aliphatic carboxylic acids is 1. The highest BCUT2D eigenvalue weighted by molar-refractivity contribution is 7.73. The lowest BCUT2D eigenvalue weighted by Gasteiger charge is -2.18. The standard InChI is InChI=1S/C19H16N2O6S2/c1-8(2)15(18(24)25)21-17(23)14(29-19(21)28)5-10-3-9-4-12-13(27-7-26-12)6-11(9)20-16(10)22/h3-6,8,15,23H,7H2,1-2H3,(H,24,25)/b10-5+. The van der Waals surface area contributed by atoms with Crippen LogP contribution < -0.4 is 20.0 Å². The average molecular weight is 432 g/mol. The summed E-state index contributed by atoms with van der Waals surface area (Å²) in [4.78, 5) is 28.5. The molecule has 1 aromatic carbocycles. The first kappa shape index (κ1) is 19.3. The first-order valence-corrected chi connectivity index (χ1v) is 9.92. The van der Waals surface area contributed by atoms with Crippen LogP contribution in [0.5, 0.6) is 17.4 Å². The predicted octanol–water partition coefficient (Wildman–Crippen LogP) is 2.02. The maximum absolute atomic E-state index is 12.5. The van der Waals surface area contributed by atoms with Gasteiger partial charge in [-0.05, 0) is 36.4 Å². The van der Waals surface area contributed by atoms with Gasteiger partial charge in [0, 0.05) is 16.9 Å². The van der Waals surface area contributed by atoms with E-state index < -0.39 is 17.9 Å². The molecular formula is C19H16N2O6S2. The Bertz CT molecular complexity index is 1250. The van der Waals surface area contributed by atoms with E-state index in [4.69, 9.17) is 21.7 Å².